The van der Waals surface area contributed by atoms with Crippen LogP contribution >= 0.6 is 11.8 Å². The molecule has 0 saturated carbocycles. The number of benzene rings is 2. The van der Waals surface area contributed by atoms with Gasteiger partial charge in [0.1, 0.15) is 5.75 Å². The molecule has 9 heteroatoms. The molecule has 1 atom stereocenters. The summed E-state index contributed by atoms with van der Waals surface area (Å²) in [7, 11) is 2.95. The summed E-state index contributed by atoms with van der Waals surface area (Å²) in [5.41, 5.74) is 2.23. The maximum Gasteiger partial charge on any atom is 0.337 e. The van der Waals surface area contributed by atoms with Crippen LogP contribution in [0.4, 0.5) is 0 Å². The number of nitrogens with zero attached hydrogens (tertiary/aromatic N) is 2. The molecule has 2 aromatic carbocycles. The maximum atomic E-state index is 12.4. The fraction of sp³-hybridized carbons (Fsp3) is 0.238. The van der Waals surface area contributed by atoms with Crippen LogP contribution < -0.4 is 10.1 Å². The quantitative estimate of drug-likeness (QED) is 0.421. The first-order valence-electron chi connectivity index (χ1n) is 9.18. The van der Waals surface area contributed by atoms with Gasteiger partial charge in [0, 0.05) is 12.1 Å². The third-order valence-corrected chi connectivity index (χ3v) is 5.28. The molecule has 1 amide bonds. The van der Waals surface area contributed by atoms with Crippen molar-refractivity contribution in [2.75, 3.05) is 14.2 Å². The predicted molar refractivity (Wildman–Crippen MR) is 113 cm³/mol. The van der Waals surface area contributed by atoms with Gasteiger partial charge >= 0.3 is 5.97 Å². The first-order valence-corrected chi connectivity index (χ1v) is 10.1. The topological polar surface area (TPSA) is 106 Å². The number of aromatic nitrogens is 3. The van der Waals surface area contributed by atoms with E-state index in [1.165, 1.54) is 18.9 Å². The van der Waals surface area contributed by atoms with Gasteiger partial charge in [-0.05, 0) is 48.9 Å². The van der Waals surface area contributed by atoms with E-state index in [9.17, 15) is 9.59 Å². The molecule has 0 bridgehead atoms. The predicted octanol–water partition coefficient (Wildman–Crippen LogP) is 3.06. The minimum Gasteiger partial charge on any atom is -0.497 e. The van der Waals surface area contributed by atoms with Crippen LogP contribution in [0.15, 0.2) is 53.7 Å². The van der Waals surface area contributed by atoms with E-state index in [1.54, 1.807) is 38.3 Å². The van der Waals surface area contributed by atoms with Crippen molar-refractivity contribution in [2.24, 2.45) is 0 Å². The van der Waals surface area contributed by atoms with Gasteiger partial charge < -0.3 is 14.8 Å². The Bertz CT molecular complexity index is 1000. The minimum absolute atomic E-state index is 0.132. The number of ether oxygens (including phenoxy) is 2. The molecule has 3 rings (SSSR count). The zero-order chi connectivity index (χ0) is 21.5. The highest BCUT2D eigenvalue weighted by molar-refractivity contribution is 8.00. The highest BCUT2D eigenvalue weighted by atomic mass is 32.2. The molecule has 1 aromatic heterocycles. The second-order valence-corrected chi connectivity index (χ2v) is 7.67. The lowest BCUT2D eigenvalue weighted by molar-refractivity contribution is -0.120. The maximum absolute atomic E-state index is 12.4. The molecule has 30 heavy (non-hydrogen) atoms. The van der Waals surface area contributed by atoms with Gasteiger partial charge in [-0.15, -0.1) is 5.10 Å². The number of rotatable bonds is 8. The van der Waals surface area contributed by atoms with Crippen LogP contribution in [0.5, 0.6) is 5.75 Å². The molecule has 0 spiro atoms. The fourth-order valence-corrected chi connectivity index (χ4v) is 3.35. The van der Waals surface area contributed by atoms with Crippen LogP contribution in [0.2, 0.25) is 0 Å². The minimum atomic E-state index is -0.392. The second kappa shape index (κ2) is 9.93. The monoisotopic (exact) mass is 426 g/mol. The number of hydrogen-bond donors (Lipinski definition) is 2. The van der Waals surface area contributed by atoms with Crippen molar-refractivity contribution in [1.29, 1.82) is 0 Å². The normalized spacial score (nSPS) is 11.6. The zero-order valence-corrected chi connectivity index (χ0v) is 17.7. The molecule has 0 saturated heterocycles. The summed E-state index contributed by atoms with van der Waals surface area (Å²) in [5.74, 6) is 0.862. The highest BCUT2D eigenvalue weighted by Gasteiger charge is 2.17. The summed E-state index contributed by atoms with van der Waals surface area (Å²) >= 11 is 1.27. The van der Waals surface area contributed by atoms with Gasteiger partial charge in [0.05, 0.1) is 25.0 Å². The van der Waals surface area contributed by atoms with E-state index in [4.69, 9.17) is 4.74 Å². The van der Waals surface area contributed by atoms with E-state index in [-0.39, 0.29) is 11.2 Å². The first kappa shape index (κ1) is 21.4. The summed E-state index contributed by atoms with van der Waals surface area (Å²) in [4.78, 5) is 28.3. The Balaban J connectivity index is 1.53. The summed E-state index contributed by atoms with van der Waals surface area (Å²) in [5, 5.41) is 10.1. The molecule has 0 unspecified atom stereocenters. The second-order valence-electron chi connectivity index (χ2n) is 6.36. The number of nitrogens with one attached hydrogen (secondary N) is 2. The SMILES string of the molecule is COC(=O)c1ccc(CNC(=O)[C@H](C)Sc2n[nH]c(-c3ccc(OC)cc3)n2)cc1. The van der Waals surface area contributed by atoms with Crippen molar-refractivity contribution >= 4 is 23.6 Å². The summed E-state index contributed by atoms with van der Waals surface area (Å²) in [6, 6.07) is 14.4. The van der Waals surface area contributed by atoms with Gasteiger partial charge in [0.2, 0.25) is 11.1 Å². The number of methoxy groups -OCH3 is 2. The Hall–Kier alpha value is -3.33. The number of carbonyl (C=O) groups is 2. The number of amides is 1. The summed E-state index contributed by atoms with van der Waals surface area (Å²) < 4.78 is 9.82. The highest BCUT2D eigenvalue weighted by Crippen LogP contribution is 2.24. The van der Waals surface area contributed by atoms with E-state index in [0.717, 1.165) is 16.9 Å². The largest absolute Gasteiger partial charge is 0.497 e. The zero-order valence-electron chi connectivity index (χ0n) is 16.8. The number of carbonyl (C=O) groups excluding carboxylic acids is 2. The van der Waals surface area contributed by atoms with Crippen LogP contribution in [0.3, 0.4) is 0 Å². The van der Waals surface area contributed by atoms with E-state index in [0.29, 0.717) is 23.1 Å². The Kier molecular flexibility index (Phi) is 7.08. The number of aromatic amines is 1. The average molecular weight is 426 g/mol. The molecule has 0 aliphatic rings. The number of H-pyrrole nitrogens is 1. The number of esters is 1. The first-order chi connectivity index (χ1) is 14.5. The van der Waals surface area contributed by atoms with Crippen molar-refractivity contribution < 1.29 is 19.1 Å². The molecule has 0 radical (unpaired) electrons. The molecule has 8 nitrogen and oxygen atoms in total. The molecular formula is C21H22N4O4S. The fourth-order valence-electron chi connectivity index (χ4n) is 2.60. The van der Waals surface area contributed by atoms with E-state index < -0.39 is 5.97 Å². The Labute approximate surface area is 178 Å². The van der Waals surface area contributed by atoms with Gasteiger partial charge in [-0.3, -0.25) is 9.89 Å². The lowest BCUT2D eigenvalue weighted by atomic mass is 10.1. The Morgan fingerprint density at radius 3 is 2.43 bits per heavy atom. The summed E-state index contributed by atoms with van der Waals surface area (Å²) in [6.07, 6.45) is 0. The van der Waals surface area contributed by atoms with Crippen LogP contribution in [0.25, 0.3) is 11.4 Å². The molecule has 1 heterocycles. The van der Waals surface area contributed by atoms with E-state index in [1.807, 2.05) is 24.3 Å². The van der Waals surface area contributed by atoms with Crippen molar-refractivity contribution in [2.45, 2.75) is 23.9 Å². The molecule has 3 aromatic rings. The van der Waals surface area contributed by atoms with Gasteiger partial charge in [-0.1, -0.05) is 23.9 Å². The molecule has 2 N–H and O–H groups in total. The number of thioether (sulfide) groups is 1. The van der Waals surface area contributed by atoms with Gasteiger partial charge in [-0.2, -0.15) is 0 Å². The third-order valence-electron chi connectivity index (χ3n) is 4.32. The van der Waals surface area contributed by atoms with Crippen LogP contribution in [0.1, 0.15) is 22.8 Å². The smallest absolute Gasteiger partial charge is 0.337 e. The molecule has 0 aliphatic carbocycles. The van der Waals surface area contributed by atoms with Crippen molar-refractivity contribution in [3.63, 3.8) is 0 Å². The standard InChI is InChI=1S/C21H22N4O4S/c1-13(19(26)22-12-14-4-6-16(7-5-14)20(27)29-3)30-21-23-18(24-25-21)15-8-10-17(28-2)11-9-15/h4-11,13H,12H2,1-3H3,(H,22,26)(H,23,24,25)/t13-/m0/s1. The van der Waals surface area contributed by atoms with Gasteiger partial charge in [0.25, 0.3) is 0 Å². The van der Waals surface area contributed by atoms with Crippen molar-refractivity contribution in [3.8, 4) is 17.1 Å². The van der Waals surface area contributed by atoms with Crippen molar-refractivity contribution in [1.82, 2.24) is 20.5 Å². The third kappa shape index (κ3) is 5.38. The van der Waals surface area contributed by atoms with Crippen LogP contribution in [-0.4, -0.2) is 46.5 Å². The van der Waals surface area contributed by atoms with Gasteiger partial charge in [0.15, 0.2) is 5.82 Å². The van der Waals surface area contributed by atoms with Crippen LogP contribution in [-0.2, 0) is 16.1 Å². The van der Waals surface area contributed by atoms with Crippen molar-refractivity contribution in [3.05, 3.63) is 59.7 Å². The average Bonchev–Trinajstić information content (AvgIpc) is 3.25. The molecule has 156 valence electrons. The summed E-state index contributed by atoms with van der Waals surface area (Å²) in [6.45, 7) is 2.15. The lowest BCUT2D eigenvalue weighted by Gasteiger charge is -2.10. The van der Waals surface area contributed by atoms with Gasteiger partial charge in [-0.25, -0.2) is 9.78 Å². The Morgan fingerprint density at radius 2 is 1.80 bits per heavy atom. The van der Waals surface area contributed by atoms with E-state index >= 15 is 0 Å². The Morgan fingerprint density at radius 1 is 1.10 bits per heavy atom. The molecule has 0 aliphatic heterocycles. The molecule has 0 fully saturated rings. The van der Waals surface area contributed by atoms with Crippen LogP contribution in [0, 0.1) is 0 Å². The number of hydrogen-bond acceptors (Lipinski definition) is 7. The van der Waals surface area contributed by atoms with E-state index in [2.05, 4.69) is 25.2 Å². The lowest BCUT2D eigenvalue weighted by Crippen LogP contribution is -2.30. The molecular weight excluding hydrogens is 404 g/mol.